The number of carbonyl (C=O) groups is 1. The Balaban J connectivity index is 1.73. The summed E-state index contributed by atoms with van der Waals surface area (Å²) in [5.41, 5.74) is 1.24. The van der Waals surface area contributed by atoms with Crippen LogP contribution in [-0.2, 0) is 6.54 Å². The number of hydrogen-bond acceptors (Lipinski definition) is 6. The molecule has 0 spiro atoms. The van der Waals surface area contributed by atoms with E-state index in [1.165, 1.54) is 12.4 Å². The SMILES string of the molecule is CCOc1cc(CN2CCCC2c2ncc(C(=O)O)cn2)ccn1. The highest BCUT2D eigenvalue weighted by Crippen LogP contribution is 2.31. The van der Waals surface area contributed by atoms with Crippen molar-refractivity contribution in [3.63, 3.8) is 0 Å². The van der Waals surface area contributed by atoms with Crippen LogP contribution >= 0.6 is 0 Å². The molecule has 1 unspecified atom stereocenters. The van der Waals surface area contributed by atoms with Gasteiger partial charge in [-0.05, 0) is 37.9 Å². The quantitative estimate of drug-likeness (QED) is 0.870. The fourth-order valence-corrected chi connectivity index (χ4v) is 2.94. The number of rotatable bonds is 6. The molecule has 3 rings (SSSR count). The van der Waals surface area contributed by atoms with Gasteiger partial charge in [0.2, 0.25) is 5.88 Å². The average Bonchev–Trinajstić information content (AvgIpc) is 3.04. The first-order valence-corrected chi connectivity index (χ1v) is 8.04. The minimum atomic E-state index is -1.01. The monoisotopic (exact) mass is 328 g/mol. The largest absolute Gasteiger partial charge is 0.478 e. The summed E-state index contributed by atoms with van der Waals surface area (Å²) in [6.45, 7) is 4.24. The highest BCUT2D eigenvalue weighted by Gasteiger charge is 2.28. The summed E-state index contributed by atoms with van der Waals surface area (Å²) < 4.78 is 5.45. The van der Waals surface area contributed by atoms with Crippen LogP contribution in [0.4, 0.5) is 0 Å². The van der Waals surface area contributed by atoms with Gasteiger partial charge in [0.1, 0.15) is 5.82 Å². The van der Waals surface area contributed by atoms with Gasteiger partial charge in [-0.15, -0.1) is 0 Å². The van der Waals surface area contributed by atoms with Crippen molar-refractivity contribution in [3.05, 3.63) is 47.7 Å². The first-order valence-electron chi connectivity index (χ1n) is 8.04. The lowest BCUT2D eigenvalue weighted by Gasteiger charge is -2.23. The summed E-state index contributed by atoms with van der Waals surface area (Å²) in [6, 6.07) is 4.04. The van der Waals surface area contributed by atoms with Gasteiger partial charge in [0.15, 0.2) is 0 Å². The van der Waals surface area contributed by atoms with Crippen molar-refractivity contribution in [2.24, 2.45) is 0 Å². The second-order valence-electron chi connectivity index (χ2n) is 5.70. The molecule has 2 aromatic rings. The summed E-state index contributed by atoms with van der Waals surface area (Å²) in [4.78, 5) is 25.9. The van der Waals surface area contributed by atoms with E-state index in [2.05, 4.69) is 19.9 Å². The van der Waals surface area contributed by atoms with Gasteiger partial charge < -0.3 is 9.84 Å². The van der Waals surface area contributed by atoms with Gasteiger partial charge in [-0.1, -0.05) is 0 Å². The zero-order chi connectivity index (χ0) is 16.9. The molecule has 1 fully saturated rings. The van der Waals surface area contributed by atoms with Crippen molar-refractivity contribution < 1.29 is 14.6 Å². The first kappa shape index (κ1) is 16.3. The standard InChI is InChI=1S/C17H20N4O3/c1-2-24-15-8-12(5-6-18-15)11-21-7-3-4-14(21)16-19-9-13(10-20-16)17(22)23/h5-6,8-10,14H,2-4,7,11H2,1H3,(H,22,23). The predicted octanol–water partition coefficient (Wildman–Crippen LogP) is 2.31. The third kappa shape index (κ3) is 3.68. The van der Waals surface area contributed by atoms with E-state index in [0.717, 1.165) is 31.5 Å². The highest BCUT2D eigenvalue weighted by molar-refractivity contribution is 5.86. The molecule has 1 N–H and O–H groups in total. The van der Waals surface area contributed by atoms with Gasteiger partial charge in [0.25, 0.3) is 0 Å². The van der Waals surface area contributed by atoms with Crippen LogP contribution in [0.15, 0.2) is 30.7 Å². The number of aromatic carboxylic acids is 1. The van der Waals surface area contributed by atoms with Gasteiger partial charge in [-0.3, -0.25) is 4.90 Å². The van der Waals surface area contributed by atoms with Crippen molar-refractivity contribution in [1.29, 1.82) is 0 Å². The molecule has 0 bridgehead atoms. The smallest absolute Gasteiger partial charge is 0.338 e. The van der Waals surface area contributed by atoms with E-state index in [1.54, 1.807) is 6.20 Å². The Kier molecular flexibility index (Phi) is 5.00. The molecule has 0 amide bonds. The fourth-order valence-electron chi connectivity index (χ4n) is 2.94. The van der Waals surface area contributed by atoms with Gasteiger partial charge >= 0.3 is 5.97 Å². The van der Waals surface area contributed by atoms with Crippen molar-refractivity contribution in [2.45, 2.75) is 32.4 Å². The third-order valence-corrected chi connectivity index (χ3v) is 4.06. The van der Waals surface area contributed by atoms with E-state index in [9.17, 15) is 4.79 Å². The number of carboxylic acid groups (broad SMARTS) is 1. The Morgan fingerprint density at radius 1 is 1.38 bits per heavy atom. The summed E-state index contributed by atoms with van der Waals surface area (Å²) >= 11 is 0. The van der Waals surface area contributed by atoms with E-state index >= 15 is 0 Å². The molecule has 1 aliphatic heterocycles. The minimum Gasteiger partial charge on any atom is -0.478 e. The zero-order valence-corrected chi connectivity index (χ0v) is 13.6. The highest BCUT2D eigenvalue weighted by atomic mass is 16.5. The van der Waals surface area contributed by atoms with Crippen LogP contribution in [-0.4, -0.2) is 44.1 Å². The number of nitrogens with zero attached hydrogens (tertiary/aromatic N) is 4. The van der Waals surface area contributed by atoms with Gasteiger partial charge in [0, 0.05) is 31.2 Å². The average molecular weight is 328 g/mol. The molecule has 0 aliphatic carbocycles. The molecule has 0 radical (unpaired) electrons. The molecule has 126 valence electrons. The summed E-state index contributed by atoms with van der Waals surface area (Å²) in [7, 11) is 0. The maximum atomic E-state index is 10.9. The summed E-state index contributed by atoms with van der Waals surface area (Å²) in [5, 5.41) is 8.95. The van der Waals surface area contributed by atoms with Crippen LogP contribution in [0, 0.1) is 0 Å². The molecular formula is C17H20N4O3. The van der Waals surface area contributed by atoms with E-state index in [4.69, 9.17) is 9.84 Å². The summed E-state index contributed by atoms with van der Waals surface area (Å²) in [6.07, 6.45) is 6.54. The van der Waals surface area contributed by atoms with Crippen LogP contribution in [0.2, 0.25) is 0 Å². The van der Waals surface area contributed by atoms with Crippen LogP contribution in [0.3, 0.4) is 0 Å². The molecular weight excluding hydrogens is 308 g/mol. The first-order chi connectivity index (χ1) is 11.7. The van der Waals surface area contributed by atoms with E-state index < -0.39 is 5.97 Å². The number of hydrogen-bond donors (Lipinski definition) is 1. The third-order valence-electron chi connectivity index (χ3n) is 4.06. The Morgan fingerprint density at radius 3 is 2.88 bits per heavy atom. The fraction of sp³-hybridized carbons (Fsp3) is 0.412. The second kappa shape index (κ2) is 7.35. The molecule has 2 aromatic heterocycles. The number of aromatic nitrogens is 3. The van der Waals surface area contributed by atoms with Crippen LogP contribution in [0.25, 0.3) is 0 Å². The van der Waals surface area contributed by atoms with Crippen LogP contribution in [0.1, 0.15) is 47.6 Å². The van der Waals surface area contributed by atoms with Crippen molar-refractivity contribution in [1.82, 2.24) is 19.9 Å². The molecule has 3 heterocycles. The Hall–Kier alpha value is -2.54. The summed E-state index contributed by atoms with van der Waals surface area (Å²) in [5.74, 6) is 0.300. The van der Waals surface area contributed by atoms with Crippen molar-refractivity contribution >= 4 is 5.97 Å². The normalized spacial score (nSPS) is 17.8. The van der Waals surface area contributed by atoms with Gasteiger partial charge in [0.05, 0.1) is 18.2 Å². The lowest BCUT2D eigenvalue weighted by molar-refractivity contribution is 0.0695. The molecule has 1 saturated heterocycles. The van der Waals surface area contributed by atoms with Crippen molar-refractivity contribution in [3.8, 4) is 5.88 Å². The molecule has 7 heteroatoms. The maximum Gasteiger partial charge on any atom is 0.338 e. The lowest BCUT2D eigenvalue weighted by atomic mass is 10.2. The Morgan fingerprint density at radius 2 is 2.17 bits per heavy atom. The van der Waals surface area contributed by atoms with Gasteiger partial charge in [-0.2, -0.15) is 0 Å². The van der Waals surface area contributed by atoms with Crippen LogP contribution < -0.4 is 4.74 Å². The molecule has 1 atom stereocenters. The van der Waals surface area contributed by atoms with Crippen molar-refractivity contribution in [2.75, 3.05) is 13.2 Å². The molecule has 0 saturated carbocycles. The Labute approximate surface area is 140 Å². The van der Waals surface area contributed by atoms with Crippen LogP contribution in [0.5, 0.6) is 5.88 Å². The van der Waals surface area contributed by atoms with E-state index in [1.807, 2.05) is 19.1 Å². The number of carboxylic acids is 1. The lowest BCUT2D eigenvalue weighted by Crippen LogP contribution is -2.24. The van der Waals surface area contributed by atoms with E-state index in [-0.39, 0.29) is 11.6 Å². The number of pyridine rings is 1. The minimum absolute atomic E-state index is 0.108. The molecule has 1 aliphatic rings. The number of ether oxygens (including phenoxy) is 1. The molecule has 24 heavy (non-hydrogen) atoms. The Bertz CT molecular complexity index is 705. The van der Waals surface area contributed by atoms with E-state index in [0.29, 0.717) is 18.3 Å². The topological polar surface area (TPSA) is 88.4 Å². The van der Waals surface area contributed by atoms with Gasteiger partial charge in [-0.25, -0.2) is 19.7 Å². The molecule has 0 aromatic carbocycles. The maximum absolute atomic E-state index is 10.9. The predicted molar refractivity (Wildman–Crippen MR) is 86.8 cm³/mol. The zero-order valence-electron chi connectivity index (χ0n) is 13.6. The second-order valence-corrected chi connectivity index (χ2v) is 5.70. The molecule has 7 nitrogen and oxygen atoms in total. The number of likely N-dealkylation sites (tertiary alicyclic amines) is 1.